The molecule has 0 aliphatic rings. The second kappa shape index (κ2) is 9.89. The van der Waals surface area contributed by atoms with E-state index in [0.29, 0.717) is 5.95 Å². The van der Waals surface area contributed by atoms with Gasteiger partial charge in [-0.05, 0) is 48.5 Å². The molecule has 0 N–H and O–H groups in total. The first-order valence-corrected chi connectivity index (χ1v) is 16.5. The molecule has 228 valence electrons. The van der Waals surface area contributed by atoms with Crippen molar-refractivity contribution in [1.29, 1.82) is 0 Å². The summed E-state index contributed by atoms with van der Waals surface area (Å²) in [7, 11) is 0. The molecule has 0 atom stereocenters. The lowest BCUT2D eigenvalue weighted by Crippen LogP contribution is -2.03. The Morgan fingerprint density at radius 2 is 1.06 bits per heavy atom. The number of hydrogen-bond acceptors (Lipinski definition) is 3. The van der Waals surface area contributed by atoms with Gasteiger partial charge in [0.2, 0.25) is 5.95 Å². The zero-order valence-electron chi connectivity index (χ0n) is 26.2. The number of fused-ring (bicyclic) bond motifs is 11. The molecule has 49 heavy (non-hydrogen) atoms. The number of para-hydroxylation sites is 4. The van der Waals surface area contributed by atoms with Crippen LogP contribution in [0.5, 0.6) is 0 Å². The quantitative estimate of drug-likeness (QED) is 0.196. The molecule has 0 saturated carbocycles. The van der Waals surface area contributed by atoms with Gasteiger partial charge in [0, 0.05) is 55.0 Å². The Hall–Kier alpha value is -6.72. The smallest absolute Gasteiger partial charge is 0.235 e. The number of aromatic nitrogens is 4. The van der Waals surface area contributed by atoms with E-state index in [0.717, 1.165) is 71.7 Å². The van der Waals surface area contributed by atoms with Crippen LogP contribution in [0.15, 0.2) is 162 Å². The van der Waals surface area contributed by atoms with Crippen LogP contribution in [0.1, 0.15) is 0 Å². The van der Waals surface area contributed by atoms with Crippen molar-refractivity contribution in [2.45, 2.75) is 0 Å². The van der Waals surface area contributed by atoms with Gasteiger partial charge < -0.3 is 8.98 Å². The lowest BCUT2D eigenvalue weighted by atomic mass is 10.0. The Morgan fingerprint density at radius 3 is 1.90 bits per heavy atom. The fourth-order valence-electron chi connectivity index (χ4n) is 7.84. The molecule has 11 rings (SSSR count). The molecule has 5 heteroatoms. The van der Waals surface area contributed by atoms with Gasteiger partial charge in [0.05, 0.1) is 33.3 Å². The predicted octanol–water partition coefficient (Wildman–Crippen LogP) is 11.4. The van der Waals surface area contributed by atoms with Crippen molar-refractivity contribution in [2.75, 3.05) is 0 Å². The average molecular weight is 627 g/mol. The first-order chi connectivity index (χ1) is 24.3. The molecule has 0 fully saturated rings. The van der Waals surface area contributed by atoms with Gasteiger partial charge in [-0.2, -0.15) is 0 Å². The molecular weight excluding hydrogens is 601 g/mol. The second-order valence-electron chi connectivity index (χ2n) is 12.6. The van der Waals surface area contributed by atoms with Gasteiger partial charge in [0.25, 0.3) is 0 Å². The van der Waals surface area contributed by atoms with Crippen LogP contribution in [0.25, 0.3) is 99.3 Å². The van der Waals surface area contributed by atoms with Gasteiger partial charge in [0.1, 0.15) is 11.2 Å². The van der Waals surface area contributed by atoms with Crippen LogP contribution in [0, 0.1) is 0 Å². The van der Waals surface area contributed by atoms with E-state index in [1.807, 2.05) is 24.3 Å². The molecule has 5 nitrogen and oxygen atoms in total. The van der Waals surface area contributed by atoms with Crippen molar-refractivity contribution < 1.29 is 4.42 Å². The van der Waals surface area contributed by atoms with Crippen molar-refractivity contribution >= 4 is 76.5 Å². The first kappa shape index (κ1) is 26.4. The van der Waals surface area contributed by atoms with Gasteiger partial charge >= 0.3 is 0 Å². The number of rotatable bonds is 3. The van der Waals surface area contributed by atoms with Gasteiger partial charge in [-0.3, -0.25) is 4.57 Å². The summed E-state index contributed by atoms with van der Waals surface area (Å²) in [5.41, 5.74) is 10.1. The van der Waals surface area contributed by atoms with Crippen LogP contribution in [-0.2, 0) is 0 Å². The molecule has 0 radical (unpaired) electrons. The van der Waals surface area contributed by atoms with Crippen molar-refractivity contribution in [2.24, 2.45) is 0 Å². The van der Waals surface area contributed by atoms with Crippen LogP contribution in [-0.4, -0.2) is 19.1 Å². The Morgan fingerprint density at radius 1 is 0.408 bits per heavy atom. The van der Waals surface area contributed by atoms with E-state index < -0.39 is 0 Å². The maximum Gasteiger partial charge on any atom is 0.235 e. The topological polar surface area (TPSA) is 48.8 Å². The highest BCUT2D eigenvalue weighted by molar-refractivity contribution is 6.30. The van der Waals surface area contributed by atoms with Crippen molar-refractivity contribution in [3.05, 3.63) is 158 Å². The molecule has 0 aliphatic heterocycles. The SMILES string of the molecule is c1ccc(-c2nc(-n3c4cc5oc6ccccc6c5cc4c4c5c6ccccc6n(-c6ccccc6)c5ccc43)nc3ccccc23)cc1. The number of hydrogen-bond donors (Lipinski definition) is 0. The Balaban J connectivity index is 1.35. The molecule has 11 aromatic rings. The van der Waals surface area contributed by atoms with Crippen molar-refractivity contribution in [1.82, 2.24) is 19.1 Å². The van der Waals surface area contributed by atoms with E-state index in [-0.39, 0.29) is 0 Å². The summed E-state index contributed by atoms with van der Waals surface area (Å²) in [6.45, 7) is 0. The molecule has 7 aromatic carbocycles. The Bertz CT molecular complexity index is 3100. The fourth-order valence-corrected chi connectivity index (χ4v) is 7.84. The number of nitrogens with zero attached hydrogens (tertiary/aromatic N) is 4. The third-order valence-corrected chi connectivity index (χ3v) is 9.92. The Labute approximate surface area is 279 Å². The molecule has 0 unspecified atom stereocenters. The third-order valence-electron chi connectivity index (χ3n) is 9.92. The average Bonchev–Trinajstić information content (AvgIpc) is 3.81. The minimum absolute atomic E-state index is 0.624. The zero-order valence-corrected chi connectivity index (χ0v) is 26.2. The van der Waals surface area contributed by atoms with E-state index in [1.165, 1.54) is 21.7 Å². The van der Waals surface area contributed by atoms with Crippen LogP contribution in [0.4, 0.5) is 0 Å². The summed E-state index contributed by atoms with van der Waals surface area (Å²) >= 11 is 0. The second-order valence-corrected chi connectivity index (χ2v) is 12.6. The number of benzene rings is 7. The summed E-state index contributed by atoms with van der Waals surface area (Å²) in [4.78, 5) is 10.6. The first-order valence-electron chi connectivity index (χ1n) is 16.5. The van der Waals surface area contributed by atoms with Crippen molar-refractivity contribution in [3.8, 4) is 22.9 Å². The van der Waals surface area contributed by atoms with Gasteiger partial charge in [0.15, 0.2) is 0 Å². The van der Waals surface area contributed by atoms with Crippen LogP contribution in [0.3, 0.4) is 0 Å². The van der Waals surface area contributed by atoms with E-state index in [1.54, 1.807) is 0 Å². The van der Waals surface area contributed by atoms with Crippen LogP contribution >= 0.6 is 0 Å². The van der Waals surface area contributed by atoms with Gasteiger partial charge in [-0.1, -0.05) is 103 Å². The molecule has 0 saturated heterocycles. The third kappa shape index (κ3) is 3.70. The molecule has 0 bridgehead atoms. The number of furan rings is 1. The van der Waals surface area contributed by atoms with E-state index >= 15 is 0 Å². The van der Waals surface area contributed by atoms with Crippen LogP contribution in [0.2, 0.25) is 0 Å². The normalized spacial score (nSPS) is 12.1. The van der Waals surface area contributed by atoms with Crippen LogP contribution < -0.4 is 0 Å². The molecule has 4 aromatic heterocycles. The minimum atomic E-state index is 0.624. The summed E-state index contributed by atoms with van der Waals surface area (Å²) < 4.78 is 11.1. The van der Waals surface area contributed by atoms with Gasteiger partial charge in [-0.15, -0.1) is 0 Å². The predicted molar refractivity (Wildman–Crippen MR) is 201 cm³/mol. The summed E-state index contributed by atoms with van der Waals surface area (Å²) in [5.74, 6) is 0.624. The molecular formula is C44H26N4O. The summed E-state index contributed by atoms with van der Waals surface area (Å²) in [6.07, 6.45) is 0. The standard InChI is InChI=1S/C44H26N4O/c1-3-13-27(14-4-1)43-30-18-7-10-20-34(30)45-44(46-43)48-37-24-23-36-41(31-19-8-11-21-35(31)47(36)28-15-5-2-6-16-28)42(37)33-25-32-29-17-9-12-22-39(29)49-40(32)26-38(33)48/h1-26H. The molecule has 0 aliphatic carbocycles. The van der Waals surface area contributed by atoms with E-state index in [9.17, 15) is 0 Å². The zero-order chi connectivity index (χ0) is 32.1. The van der Waals surface area contributed by atoms with E-state index in [4.69, 9.17) is 14.4 Å². The monoisotopic (exact) mass is 626 g/mol. The highest BCUT2D eigenvalue weighted by atomic mass is 16.3. The lowest BCUT2D eigenvalue weighted by molar-refractivity contribution is 0.669. The van der Waals surface area contributed by atoms with E-state index in [2.05, 4.69) is 143 Å². The summed E-state index contributed by atoms with van der Waals surface area (Å²) in [6, 6.07) is 55.2. The molecule has 0 spiro atoms. The summed E-state index contributed by atoms with van der Waals surface area (Å²) in [5, 5.41) is 7.93. The highest BCUT2D eigenvalue weighted by Gasteiger charge is 2.23. The minimum Gasteiger partial charge on any atom is -0.456 e. The Kier molecular flexibility index (Phi) is 5.32. The maximum absolute atomic E-state index is 6.47. The maximum atomic E-state index is 6.47. The van der Waals surface area contributed by atoms with Gasteiger partial charge in [-0.25, -0.2) is 9.97 Å². The fraction of sp³-hybridized carbons (Fsp3) is 0. The highest BCUT2D eigenvalue weighted by Crippen LogP contribution is 2.44. The largest absolute Gasteiger partial charge is 0.456 e. The molecule has 4 heterocycles. The van der Waals surface area contributed by atoms with Crippen molar-refractivity contribution in [3.63, 3.8) is 0 Å². The lowest BCUT2D eigenvalue weighted by Gasteiger charge is -2.12. The molecule has 0 amide bonds.